The van der Waals surface area contributed by atoms with Gasteiger partial charge < -0.3 is 19.7 Å². The van der Waals surface area contributed by atoms with E-state index in [0.717, 1.165) is 32.1 Å². The second-order valence-electron chi connectivity index (χ2n) is 6.38. The van der Waals surface area contributed by atoms with Gasteiger partial charge in [-0.15, -0.1) is 11.3 Å². The third-order valence-electron chi connectivity index (χ3n) is 4.67. The molecular weight excluding hydrogens is 428 g/mol. The monoisotopic (exact) mass is 442 g/mol. The van der Waals surface area contributed by atoms with E-state index in [1.165, 1.54) is 0 Å². The number of rotatable bonds is 3. The fraction of sp³-hybridized carbons (Fsp3) is 0.150. The summed E-state index contributed by atoms with van der Waals surface area (Å²) >= 11 is 5.13. The lowest BCUT2D eigenvalue weighted by Gasteiger charge is -2.37. The maximum Gasteiger partial charge on any atom is 0.258 e. The quantitative estimate of drug-likeness (QED) is 0.619. The number of amides is 1. The predicted molar refractivity (Wildman–Crippen MR) is 107 cm³/mol. The molecule has 3 aromatic rings. The largest absolute Gasteiger partial charge is 0.454 e. The van der Waals surface area contributed by atoms with Gasteiger partial charge in [-0.25, -0.2) is 0 Å². The SMILES string of the molecule is O=C1c2ccccc2NC(c2cc(Br)cs2)N1Cc1ccc2c(c1)OCO2. The van der Waals surface area contributed by atoms with Crippen LogP contribution in [0, 0.1) is 0 Å². The Morgan fingerprint density at radius 3 is 2.85 bits per heavy atom. The number of thiophene rings is 1. The number of carbonyl (C=O) groups excluding carboxylic acids is 1. The van der Waals surface area contributed by atoms with Gasteiger partial charge in [-0.1, -0.05) is 18.2 Å². The molecule has 7 heteroatoms. The van der Waals surface area contributed by atoms with Crippen LogP contribution in [0.1, 0.15) is 27.0 Å². The van der Waals surface area contributed by atoms with Crippen molar-refractivity contribution in [3.8, 4) is 11.5 Å². The molecule has 0 bridgehead atoms. The van der Waals surface area contributed by atoms with Crippen LogP contribution in [-0.2, 0) is 6.54 Å². The molecule has 0 spiro atoms. The molecule has 0 radical (unpaired) electrons. The summed E-state index contributed by atoms with van der Waals surface area (Å²) in [6.45, 7) is 0.708. The Morgan fingerprint density at radius 2 is 2.00 bits per heavy atom. The lowest BCUT2D eigenvalue weighted by Crippen LogP contribution is -2.42. The van der Waals surface area contributed by atoms with E-state index in [1.54, 1.807) is 11.3 Å². The van der Waals surface area contributed by atoms with Crippen molar-refractivity contribution in [2.75, 3.05) is 12.1 Å². The van der Waals surface area contributed by atoms with Crippen molar-refractivity contribution in [3.05, 3.63) is 74.4 Å². The molecule has 5 rings (SSSR count). The Kier molecular flexibility index (Phi) is 4.06. The highest BCUT2D eigenvalue weighted by Gasteiger charge is 2.33. The predicted octanol–water partition coefficient (Wildman–Crippen LogP) is 5.01. The van der Waals surface area contributed by atoms with Crippen LogP contribution in [0.2, 0.25) is 0 Å². The van der Waals surface area contributed by atoms with E-state index in [1.807, 2.05) is 52.7 Å². The lowest BCUT2D eigenvalue weighted by atomic mass is 10.1. The maximum absolute atomic E-state index is 13.3. The molecule has 3 heterocycles. The fourth-order valence-electron chi connectivity index (χ4n) is 3.39. The second kappa shape index (κ2) is 6.58. The first-order chi connectivity index (χ1) is 13.2. The smallest absolute Gasteiger partial charge is 0.258 e. The standard InChI is InChI=1S/C20H15BrN2O3S/c21-13-8-18(27-10-13)19-22-15-4-2-1-3-14(15)20(24)23(19)9-12-5-6-16-17(7-12)26-11-25-16/h1-8,10,19,22H,9,11H2. The summed E-state index contributed by atoms with van der Waals surface area (Å²) in [7, 11) is 0. The third-order valence-corrected chi connectivity index (χ3v) is 6.42. The molecule has 0 fully saturated rings. The van der Waals surface area contributed by atoms with Gasteiger partial charge in [0.05, 0.1) is 5.56 Å². The number of hydrogen-bond donors (Lipinski definition) is 1. The number of hydrogen-bond acceptors (Lipinski definition) is 5. The average molecular weight is 443 g/mol. The van der Waals surface area contributed by atoms with Gasteiger partial charge in [0.2, 0.25) is 6.79 Å². The van der Waals surface area contributed by atoms with Gasteiger partial charge in [-0.05, 0) is 51.8 Å². The van der Waals surface area contributed by atoms with Gasteiger partial charge in [0, 0.05) is 27.0 Å². The van der Waals surface area contributed by atoms with Crippen LogP contribution in [0.15, 0.2) is 58.4 Å². The topological polar surface area (TPSA) is 50.8 Å². The van der Waals surface area contributed by atoms with Crippen LogP contribution < -0.4 is 14.8 Å². The van der Waals surface area contributed by atoms with Crippen LogP contribution in [0.3, 0.4) is 0 Å². The van der Waals surface area contributed by atoms with Gasteiger partial charge in [0.15, 0.2) is 11.5 Å². The summed E-state index contributed by atoms with van der Waals surface area (Å²) in [5.41, 5.74) is 2.54. The van der Waals surface area contributed by atoms with Crippen LogP contribution in [-0.4, -0.2) is 17.6 Å². The van der Waals surface area contributed by atoms with E-state index in [-0.39, 0.29) is 18.9 Å². The van der Waals surface area contributed by atoms with Gasteiger partial charge in [-0.2, -0.15) is 0 Å². The molecule has 2 aliphatic rings. The van der Waals surface area contributed by atoms with Gasteiger partial charge >= 0.3 is 0 Å². The van der Waals surface area contributed by atoms with E-state index in [0.29, 0.717) is 12.1 Å². The Morgan fingerprint density at radius 1 is 1.15 bits per heavy atom. The van der Waals surface area contributed by atoms with Crippen LogP contribution in [0.5, 0.6) is 11.5 Å². The summed E-state index contributed by atoms with van der Waals surface area (Å²) in [5, 5.41) is 5.55. The highest BCUT2D eigenvalue weighted by Crippen LogP contribution is 2.38. The second-order valence-corrected chi connectivity index (χ2v) is 8.24. The Balaban J connectivity index is 1.53. The molecule has 1 aromatic heterocycles. The minimum atomic E-state index is -0.228. The molecule has 5 nitrogen and oxygen atoms in total. The van der Waals surface area contributed by atoms with E-state index >= 15 is 0 Å². The summed E-state index contributed by atoms with van der Waals surface area (Å²) in [6, 6.07) is 15.5. The highest BCUT2D eigenvalue weighted by molar-refractivity contribution is 9.10. The molecule has 1 atom stereocenters. The van der Waals surface area contributed by atoms with Gasteiger partial charge in [0.25, 0.3) is 5.91 Å². The number of ether oxygens (including phenoxy) is 2. The number of carbonyl (C=O) groups is 1. The fourth-order valence-corrected chi connectivity index (χ4v) is 4.89. The molecule has 27 heavy (non-hydrogen) atoms. The number of anilines is 1. The molecule has 2 aromatic carbocycles. The minimum absolute atomic E-state index is 0.0107. The van der Waals surface area contributed by atoms with Gasteiger partial charge in [0.1, 0.15) is 6.17 Å². The maximum atomic E-state index is 13.3. The van der Waals surface area contributed by atoms with Gasteiger partial charge in [-0.3, -0.25) is 4.79 Å². The molecule has 0 aliphatic carbocycles. The average Bonchev–Trinajstić information content (AvgIpc) is 3.32. The third kappa shape index (κ3) is 2.96. The summed E-state index contributed by atoms with van der Waals surface area (Å²) in [4.78, 5) is 16.2. The lowest BCUT2D eigenvalue weighted by molar-refractivity contribution is 0.0669. The van der Waals surface area contributed by atoms with Crippen molar-refractivity contribution in [1.29, 1.82) is 0 Å². The molecule has 0 saturated heterocycles. The molecular formula is C20H15BrN2O3S. The van der Waals surface area contributed by atoms with Crippen molar-refractivity contribution in [2.45, 2.75) is 12.7 Å². The van der Waals surface area contributed by atoms with E-state index < -0.39 is 0 Å². The molecule has 2 aliphatic heterocycles. The normalized spacial score (nSPS) is 17.6. The number of para-hydroxylation sites is 1. The van der Waals surface area contributed by atoms with Crippen molar-refractivity contribution in [2.24, 2.45) is 0 Å². The van der Waals surface area contributed by atoms with E-state index in [9.17, 15) is 4.79 Å². The van der Waals surface area contributed by atoms with Crippen LogP contribution in [0.25, 0.3) is 0 Å². The molecule has 1 unspecified atom stereocenters. The van der Waals surface area contributed by atoms with Crippen molar-refractivity contribution in [1.82, 2.24) is 4.90 Å². The number of nitrogens with one attached hydrogen (secondary N) is 1. The number of nitrogens with zero attached hydrogens (tertiary/aromatic N) is 1. The van der Waals surface area contributed by atoms with Crippen molar-refractivity contribution in [3.63, 3.8) is 0 Å². The Bertz CT molecular complexity index is 1040. The number of benzene rings is 2. The van der Waals surface area contributed by atoms with E-state index in [2.05, 4.69) is 27.3 Å². The summed E-state index contributed by atoms with van der Waals surface area (Å²) in [6.07, 6.45) is -0.228. The first-order valence-electron chi connectivity index (χ1n) is 8.48. The molecule has 1 N–H and O–H groups in total. The van der Waals surface area contributed by atoms with E-state index in [4.69, 9.17) is 9.47 Å². The Hall–Kier alpha value is -2.51. The first-order valence-corrected chi connectivity index (χ1v) is 10.2. The molecule has 1 amide bonds. The minimum Gasteiger partial charge on any atom is -0.454 e. The summed E-state index contributed by atoms with van der Waals surface area (Å²) in [5.74, 6) is 1.48. The van der Waals surface area contributed by atoms with Crippen molar-refractivity contribution < 1.29 is 14.3 Å². The zero-order chi connectivity index (χ0) is 18.4. The van der Waals surface area contributed by atoms with Crippen molar-refractivity contribution >= 4 is 38.9 Å². The zero-order valence-corrected chi connectivity index (χ0v) is 16.5. The zero-order valence-electron chi connectivity index (χ0n) is 14.1. The first kappa shape index (κ1) is 16.6. The molecule has 0 saturated carbocycles. The summed E-state index contributed by atoms with van der Waals surface area (Å²) < 4.78 is 11.9. The highest BCUT2D eigenvalue weighted by atomic mass is 79.9. The van der Waals surface area contributed by atoms with Crippen LogP contribution >= 0.6 is 27.3 Å². The number of halogens is 1. The molecule has 136 valence electrons. The number of fused-ring (bicyclic) bond motifs is 2. The van der Waals surface area contributed by atoms with Crippen LogP contribution in [0.4, 0.5) is 5.69 Å². The Labute approximate surface area is 168 Å².